The molecule has 28 heavy (non-hydrogen) atoms. The van der Waals surface area contributed by atoms with E-state index in [0.717, 1.165) is 10.6 Å². The first-order valence-corrected chi connectivity index (χ1v) is 9.80. The molecule has 0 aliphatic heterocycles. The highest BCUT2D eigenvalue weighted by atomic mass is 32.1. The lowest BCUT2D eigenvalue weighted by molar-refractivity contribution is 0.102. The van der Waals surface area contributed by atoms with E-state index >= 15 is 0 Å². The lowest BCUT2D eigenvalue weighted by Gasteiger charge is -2.11. The second-order valence-corrected chi connectivity index (χ2v) is 8.14. The zero-order valence-electron chi connectivity index (χ0n) is 15.8. The minimum atomic E-state index is -0.313. The third kappa shape index (κ3) is 3.25. The Kier molecular flexibility index (Phi) is 4.60. The van der Waals surface area contributed by atoms with Crippen LogP contribution in [0.5, 0.6) is 5.75 Å². The highest BCUT2D eigenvalue weighted by Gasteiger charge is 2.19. The molecule has 1 aromatic carbocycles. The molecule has 4 aromatic rings. The van der Waals surface area contributed by atoms with Gasteiger partial charge in [0.25, 0.3) is 5.91 Å². The Labute approximate surface area is 166 Å². The maximum absolute atomic E-state index is 13.1. The van der Waals surface area contributed by atoms with Gasteiger partial charge in [-0.3, -0.25) is 4.79 Å². The number of para-hydroxylation sites is 2. The standard InChI is InChI=1S/C21H20N4O2S/c1-12(2)25-20-15(11-22-25)14(10-17(23-20)19-9-8-13(3)28-19)21(27)24-16-6-4-5-7-18(16)26/h4-12,26H,1-3H3,(H,24,27). The number of hydrogen-bond acceptors (Lipinski definition) is 5. The van der Waals surface area contributed by atoms with Crippen molar-refractivity contribution in [3.05, 3.63) is 59.1 Å². The molecule has 142 valence electrons. The van der Waals surface area contributed by atoms with Crippen molar-refractivity contribution in [1.82, 2.24) is 14.8 Å². The number of carbonyl (C=O) groups excluding carboxylic acids is 1. The van der Waals surface area contributed by atoms with E-state index in [2.05, 4.69) is 10.4 Å². The maximum Gasteiger partial charge on any atom is 0.256 e. The summed E-state index contributed by atoms with van der Waals surface area (Å²) in [5.74, 6) is -0.292. The van der Waals surface area contributed by atoms with Crippen molar-refractivity contribution < 1.29 is 9.90 Å². The van der Waals surface area contributed by atoms with Gasteiger partial charge in [-0.15, -0.1) is 11.3 Å². The predicted molar refractivity (Wildman–Crippen MR) is 112 cm³/mol. The molecule has 3 heterocycles. The average Bonchev–Trinajstić information content (AvgIpc) is 3.29. The molecule has 0 fully saturated rings. The van der Waals surface area contributed by atoms with Gasteiger partial charge in [-0.05, 0) is 51.1 Å². The Hall–Kier alpha value is -3.19. The number of phenolic OH excluding ortho intramolecular Hbond substituents is 1. The van der Waals surface area contributed by atoms with Gasteiger partial charge in [-0.1, -0.05) is 12.1 Å². The largest absolute Gasteiger partial charge is 0.506 e. The van der Waals surface area contributed by atoms with E-state index in [1.807, 2.05) is 37.6 Å². The smallest absolute Gasteiger partial charge is 0.256 e. The highest BCUT2D eigenvalue weighted by Crippen LogP contribution is 2.31. The molecule has 0 bridgehead atoms. The monoisotopic (exact) mass is 392 g/mol. The Morgan fingerprint density at radius 3 is 2.68 bits per heavy atom. The van der Waals surface area contributed by atoms with Crippen molar-refractivity contribution in [3.63, 3.8) is 0 Å². The van der Waals surface area contributed by atoms with Crippen molar-refractivity contribution in [2.45, 2.75) is 26.8 Å². The number of amides is 1. The van der Waals surface area contributed by atoms with Gasteiger partial charge in [-0.25, -0.2) is 9.67 Å². The summed E-state index contributed by atoms with van der Waals surface area (Å²) in [6.45, 7) is 6.09. The zero-order valence-corrected chi connectivity index (χ0v) is 16.6. The van der Waals surface area contributed by atoms with E-state index in [1.165, 1.54) is 10.9 Å². The van der Waals surface area contributed by atoms with E-state index in [1.54, 1.807) is 41.8 Å². The fourth-order valence-electron chi connectivity index (χ4n) is 3.05. The number of pyridine rings is 1. The van der Waals surface area contributed by atoms with E-state index in [9.17, 15) is 9.90 Å². The lowest BCUT2D eigenvalue weighted by atomic mass is 10.1. The van der Waals surface area contributed by atoms with E-state index in [0.29, 0.717) is 22.3 Å². The minimum absolute atomic E-state index is 0.0214. The van der Waals surface area contributed by atoms with Crippen molar-refractivity contribution in [3.8, 4) is 16.3 Å². The molecule has 0 radical (unpaired) electrons. The molecule has 0 aliphatic carbocycles. The van der Waals surface area contributed by atoms with Crippen molar-refractivity contribution in [2.75, 3.05) is 5.32 Å². The Balaban J connectivity index is 1.86. The van der Waals surface area contributed by atoms with Gasteiger partial charge in [0.1, 0.15) is 5.75 Å². The highest BCUT2D eigenvalue weighted by molar-refractivity contribution is 7.15. The second kappa shape index (κ2) is 7.09. The van der Waals surface area contributed by atoms with Crippen LogP contribution in [0.25, 0.3) is 21.6 Å². The number of aromatic hydroxyl groups is 1. The average molecular weight is 392 g/mol. The van der Waals surface area contributed by atoms with Crippen LogP contribution in [0, 0.1) is 6.92 Å². The summed E-state index contributed by atoms with van der Waals surface area (Å²) in [7, 11) is 0. The minimum Gasteiger partial charge on any atom is -0.506 e. The molecule has 0 spiro atoms. The van der Waals surface area contributed by atoms with E-state index < -0.39 is 0 Å². The summed E-state index contributed by atoms with van der Waals surface area (Å²) in [5.41, 5.74) is 2.24. The van der Waals surface area contributed by atoms with Gasteiger partial charge in [-0.2, -0.15) is 5.10 Å². The number of benzene rings is 1. The topological polar surface area (TPSA) is 80.0 Å². The number of fused-ring (bicyclic) bond motifs is 1. The van der Waals surface area contributed by atoms with E-state index in [4.69, 9.17) is 4.98 Å². The molecule has 3 aromatic heterocycles. The molecule has 1 amide bonds. The molecule has 2 N–H and O–H groups in total. The van der Waals surface area contributed by atoms with Gasteiger partial charge in [0.15, 0.2) is 5.65 Å². The fourth-order valence-corrected chi connectivity index (χ4v) is 3.88. The van der Waals surface area contributed by atoms with Crippen LogP contribution < -0.4 is 5.32 Å². The normalized spacial score (nSPS) is 11.3. The second-order valence-electron chi connectivity index (χ2n) is 6.86. The number of phenols is 1. The molecule has 6 nitrogen and oxygen atoms in total. The SMILES string of the molecule is Cc1ccc(-c2cc(C(=O)Nc3ccccc3O)c3cnn(C(C)C)c3n2)s1. The summed E-state index contributed by atoms with van der Waals surface area (Å²) in [6.07, 6.45) is 1.67. The third-order valence-corrected chi connectivity index (χ3v) is 5.47. The molecule has 4 rings (SSSR count). The van der Waals surface area contributed by atoms with Crippen LogP contribution in [0.3, 0.4) is 0 Å². The van der Waals surface area contributed by atoms with Crippen LogP contribution in [0.15, 0.2) is 48.7 Å². The number of aryl methyl sites for hydroxylation is 1. The van der Waals surface area contributed by atoms with Crippen LogP contribution in [0.1, 0.15) is 35.1 Å². The summed E-state index contributed by atoms with van der Waals surface area (Å²) in [6, 6.07) is 12.6. The Bertz CT molecular complexity index is 1180. The predicted octanol–water partition coefficient (Wildman–Crippen LogP) is 5.01. The molecule has 0 saturated heterocycles. The number of rotatable bonds is 4. The van der Waals surface area contributed by atoms with Crippen molar-refractivity contribution >= 4 is 34.0 Å². The molecular formula is C21H20N4O2S. The Morgan fingerprint density at radius 1 is 1.21 bits per heavy atom. The molecule has 0 atom stereocenters. The quantitative estimate of drug-likeness (QED) is 0.479. The number of nitrogens with one attached hydrogen (secondary N) is 1. The molecule has 0 saturated carbocycles. The van der Waals surface area contributed by atoms with Gasteiger partial charge in [0, 0.05) is 10.9 Å². The van der Waals surface area contributed by atoms with Crippen molar-refractivity contribution in [1.29, 1.82) is 0 Å². The number of carbonyl (C=O) groups is 1. The first kappa shape index (κ1) is 18.2. The van der Waals surface area contributed by atoms with Gasteiger partial charge in [0.05, 0.1) is 33.4 Å². The van der Waals surface area contributed by atoms with Crippen LogP contribution in [0.4, 0.5) is 5.69 Å². The molecule has 0 aliphatic rings. The number of hydrogen-bond donors (Lipinski definition) is 2. The van der Waals surface area contributed by atoms with Crippen molar-refractivity contribution in [2.24, 2.45) is 0 Å². The fraction of sp³-hybridized carbons (Fsp3) is 0.190. The summed E-state index contributed by atoms with van der Waals surface area (Å²) in [4.78, 5) is 20.0. The summed E-state index contributed by atoms with van der Waals surface area (Å²) < 4.78 is 1.82. The zero-order chi connectivity index (χ0) is 19.8. The van der Waals surface area contributed by atoms with Gasteiger partial charge in [0.2, 0.25) is 0 Å². The van der Waals surface area contributed by atoms with Crippen LogP contribution in [-0.4, -0.2) is 25.8 Å². The molecular weight excluding hydrogens is 372 g/mol. The number of nitrogens with zero attached hydrogens (tertiary/aromatic N) is 3. The van der Waals surface area contributed by atoms with Crippen LogP contribution in [0.2, 0.25) is 0 Å². The third-order valence-electron chi connectivity index (χ3n) is 4.45. The molecule has 7 heteroatoms. The summed E-state index contributed by atoms with van der Waals surface area (Å²) >= 11 is 1.63. The maximum atomic E-state index is 13.1. The van der Waals surface area contributed by atoms with E-state index in [-0.39, 0.29) is 17.7 Å². The van der Waals surface area contributed by atoms with Gasteiger partial charge >= 0.3 is 0 Å². The number of aromatic nitrogens is 3. The van der Waals surface area contributed by atoms with Crippen LogP contribution >= 0.6 is 11.3 Å². The van der Waals surface area contributed by atoms with Gasteiger partial charge < -0.3 is 10.4 Å². The first-order chi connectivity index (χ1) is 13.4. The Morgan fingerprint density at radius 2 is 2.00 bits per heavy atom. The summed E-state index contributed by atoms with van der Waals surface area (Å²) in [5, 5.41) is 17.9. The number of thiophene rings is 1. The first-order valence-electron chi connectivity index (χ1n) is 8.98. The van der Waals surface area contributed by atoms with Crippen LogP contribution in [-0.2, 0) is 0 Å². The number of anilines is 1. The lowest BCUT2D eigenvalue weighted by Crippen LogP contribution is -2.13. The molecule has 0 unspecified atom stereocenters.